The van der Waals surface area contributed by atoms with Crippen LogP contribution in [0.2, 0.25) is 10.0 Å². The van der Waals surface area contributed by atoms with E-state index in [0.717, 1.165) is 23.2 Å². The van der Waals surface area contributed by atoms with E-state index in [1.54, 1.807) is 0 Å². The first-order valence-corrected chi connectivity index (χ1v) is 10.6. The molecule has 13 heteroatoms. The monoisotopic (exact) mass is 514 g/mol. The van der Waals surface area contributed by atoms with Crippen LogP contribution in [0.15, 0.2) is 30.5 Å². The summed E-state index contributed by atoms with van der Waals surface area (Å²) in [5.74, 6) is -5.79. The third kappa shape index (κ3) is 4.09. The van der Waals surface area contributed by atoms with Gasteiger partial charge >= 0.3 is 6.18 Å². The fourth-order valence-corrected chi connectivity index (χ4v) is 4.83. The third-order valence-corrected chi connectivity index (χ3v) is 6.27. The Kier molecular flexibility index (Phi) is 6.03. The number of imide groups is 1. The highest BCUT2D eigenvalue weighted by molar-refractivity contribution is 6.34. The fourth-order valence-electron chi connectivity index (χ4n) is 4.33. The van der Waals surface area contributed by atoms with Gasteiger partial charge in [0.25, 0.3) is 5.91 Å². The molecular formula is C21H15Cl2F3N4O4. The van der Waals surface area contributed by atoms with E-state index in [1.165, 1.54) is 12.1 Å². The largest absolute Gasteiger partial charge is 0.399 e. The van der Waals surface area contributed by atoms with Gasteiger partial charge in [-0.25, -0.2) is 0 Å². The molecule has 3 N–H and O–H groups in total. The summed E-state index contributed by atoms with van der Waals surface area (Å²) >= 11 is 11.9. The van der Waals surface area contributed by atoms with Crippen LogP contribution in [0.5, 0.6) is 0 Å². The Morgan fingerprint density at radius 3 is 2.50 bits per heavy atom. The Labute approximate surface area is 200 Å². The SMILES string of the molecule is NC(=O)c1ccc2c(c1)C([C@H](c1ncc(Cl)cc1Cl)C(F)(F)F)N([C@H]1CCC(=O)NC1=O)C2=O. The first-order valence-electron chi connectivity index (χ1n) is 9.88. The molecule has 3 atom stereocenters. The number of nitrogens with two attached hydrogens (primary N) is 1. The molecule has 3 heterocycles. The fraction of sp³-hybridized carbons (Fsp3) is 0.286. The number of benzene rings is 1. The number of alkyl halides is 3. The van der Waals surface area contributed by atoms with E-state index >= 15 is 0 Å². The van der Waals surface area contributed by atoms with Gasteiger partial charge in [0.2, 0.25) is 17.7 Å². The Bertz CT molecular complexity index is 1240. The van der Waals surface area contributed by atoms with Gasteiger partial charge in [-0.1, -0.05) is 23.2 Å². The lowest BCUT2D eigenvalue weighted by Crippen LogP contribution is -2.55. The average Bonchev–Trinajstić information content (AvgIpc) is 3.00. The van der Waals surface area contributed by atoms with Gasteiger partial charge in [-0.05, 0) is 36.2 Å². The Morgan fingerprint density at radius 1 is 1.21 bits per heavy atom. The van der Waals surface area contributed by atoms with Gasteiger partial charge in [-0.3, -0.25) is 29.5 Å². The zero-order chi connectivity index (χ0) is 24.9. The first-order chi connectivity index (χ1) is 15.9. The molecule has 1 aromatic heterocycles. The van der Waals surface area contributed by atoms with Crippen LogP contribution in [0.1, 0.15) is 56.8 Å². The number of rotatable bonds is 4. The highest BCUT2D eigenvalue weighted by atomic mass is 35.5. The van der Waals surface area contributed by atoms with Crippen LogP contribution in [0.4, 0.5) is 13.2 Å². The molecule has 178 valence electrons. The van der Waals surface area contributed by atoms with Crippen LogP contribution in [-0.2, 0) is 9.59 Å². The minimum atomic E-state index is -5.00. The molecule has 2 aromatic rings. The molecule has 34 heavy (non-hydrogen) atoms. The zero-order valence-electron chi connectivity index (χ0n) is 17.0. The topological polar surface area (TPSA) is 122 Å². The second kappa shape index (κ2) is 8.55. The molecule has 4 rings (SSSR count). The molecule has 2 aliphatic rings. The molecule has 1 aromatic carbocycles. The van der Waals surface area contributed by atoms with Crippen molar-refractivity contribution in [2.24, 2.45) is 5.73 Å². The van der Waals surface area contributed by atoms with Gasteiger partial charge in [-0.15, -0.1) is 0 Å². The molecule has 0 radical (unpaired) electrons. The maximum Gasteiger partial charge on any atom is 0.399 e. The minimum Gasteiger partial charge on any atom is -0.366 e. The number of piperidine rings is 1. The van der Waals surface area contributed by atoms with Crippen molar-refractivity contribution in [1.29, 1.82) is 0 Å². The lowest BCUT2D eigenvalue weighted by atomic mass is 9.87. The highest BCUT2D eigenvalue weighted by Gasteiger charge is 2.57. The molecule has 0 saturated carbocycles. The molecule has 1 unspecified atom stereocenters. The Morgan fingerprint density at radius 2 is 1.91 bits per heavy atom. The van der Waals surface area contributed by atoms with Crippen LogP contribution >= 0.6 is 23.2 Å². The number of halogens is 5. The van der Waals surface area contributed by atoms with E-state index in [1.807, 2.05) is 0 Å². The summed E-state index contributed by atoms with van der Waals surface area (Å²) in [6.07, 6.45) is -4.38. The Hall–Kier alpha value is -3.18. The van der Waals surface area contributed by atoms with Crippen LogP contribution in [0.3, 0.4) is 0 Å². The summed E-state index contributed by atoms with van der Waals surface area (Å²) in [6, 6.07) is 1.36. The molecule has 1 fully saturated rings. The van der Waals surface area contributed by atoms with Crippen LogP contribution in [-0.4, -0.2) is 45.7 Å². The van der Waals surface area contributed by atoms with Crippen molar-refractivity contribution in [3.8, 4) is 0 Å². The van der Waals surface area contributed by atoms with Gasteiger partial charge in [0, 0.05) is 23.7 Å². The van der Waals surface area contributed by atoms with Crippen molar-refractivity contribution in [2.45, 2.75) is 37.0 Å². The lowest BCUT2D eigenvalue weighted by molar-refractivity contribution is -0.167. The molecule has 0 aliphatic carbocycles. The van der Waals surface area contributed by atoms with Crippen LogP contribution < -0.4 is 11.1 Å². The van der Waals surface area contributed by atoms with Crippen molar-refractivity contribution in [2.75, 3.05) is 0 Å². The van der Waals surface area contributed by atoms with Crippen LogP contribution in [0.25, 0.3) is 0 Å². The molecule has 1 saturated heterocycles. The van der Waals surface area contributed by atoms with Crippen molar-refractivity contribution in [3.05, 3.63) is 62.9 Å². The van der Waals surface area contributed by atoms with E-state index < -0.39 is 58.5 Å². The zero-order valence-corrected chi connectivity index (χ0v) is 18.5. The van der Waals surface area contributed by atoms with Crippen molar-refractivity contribution < 1.29 is 32.3 Å². The summed E-state index contributed by atoms with van der Waals surface area (Å²) in [4.78, 5) is 53.8. The molecule has 4 amide bonds. The van der Waals surface area contributed by atoms with Crippen molar-refractivity contribution in [3.63, 3.8) is 0 Å². The van der Waals surface area contributed by atoms with Crippen molar-refractivity contribution in [1.82, 2.24) is 15.2 Å². The summed E-state index contributed by atoms with van der Waals surface area (Å²) in [7, 11) is 0. The van der Waals surface area contributed by atoms with Crippen LogP contribution in [0, 0.1) is 0 Å². The van der Waals surface area contributed by atoms with Gasteiger partial charge in [0.1, 0.15) is 12.0 Å². The second-order valence-electron chi connectivity index (χ2n) is 7.83. The normalized spacial score (nSPS) is 21.3. The highest BCUT2D eigenvalue weighted by Crippen LogP contribution is 2.52. The van der Waals surface area contributed by atoms with Gasteiger partial charge in [0.15, 0.2) is 0 Å². The number of fused-ring (bicyclic) bond motifs is 1. The number of primary amides is 1. The molecule has 0 spiro atoms. The number of amides is 4. The average molecular weight is 515 g/mol. The second-order valence-corrected chi connectivity index (χ2v) is 8.67. The molecule has 8 nitrogen and oxygen atoms in total. The maximum atomic E-state index is 14.6. The number of pyridine rings is 1. The minimum absolute atomic E-state index is 0.00406. The summed E-state index contributed by atoms with van der Waals surface area (Å²) in [5.41, 5.74) is 4.26. The van der Waals surface area contributed by atoms with Gasteiger partial charge < -0.3 is 10.6 Å². The predicted octanol–water partition coefficient (Wildman–Crippen LogP) is 3.14. The quantitative estimate of drug-likeness (QED) is 0.606. The number of hydrogen-bond acceptors (Lipinski definition) is 5. The molecule has 0 bridgehead atoms. The summed E-state index contributed by atoms with van der Waals surface area (Å²) in [5, 5.41) is 1.65. The lowest BCUT2D eigenvalue weighted by Gasteiger charge is -2.38. The number of hydrogen-bond donors (Lipinski definition) is 2. The summed E-state index contributed by atoms with van der Waals surface area (Å²) in [6.45, 7) is 0. The Balaban J connectivity index is 1.96. The number of carbonyl (C=O) groups is 4. The summed E-state index contributed by atoms with van der Waals surface area (Å²) < 4.78 is 43.8. The van der Waals surface area contributed by atoms with Gasteiger partial charge in [0.05, 0.1) is 21.8 Å². The van der Waals surface area contributed by atoms with E-state index in [-0.39, 0.29) is 34.6 Å². The van der Waals surface area contributed by atoms with E-state index in [2.05, 4.69) is 10.3 Å². The first kappa shape index (κ1) is 24.0. The van der Waals surface area contributed by atoms with Crippen molar-refractivity contribution >= 4 is 46.8 Å². The molecular weight excluding hydrogens is 500 g/mol. The van der Waals surface area contributed by atoms with E-state index in [4.69, 9.17) is 28.9 Å². The smallest absolute Gasteiger partial charge is 0.366 e. The number of carbonyl (C=O) groups excluding carboxylic acids is 4. The number of nitrogens with zero attached hydrogens (tertiary/aromatic N) is 2. The predicted molar refractivity (Wildman–Crippen MR) is 113 cm³/mol. The number of aromatic nitrogens is 1. The van der Waals surface area contributed by atoms with E-state index in [0.29, 0.717) is 0 Å². The standard InChI is InChI=1S/C21H15Cl2F3N4O4/c22-9-6-12(23)16(28-7-9)15(21(24,25)26)17-11-5-8(18(27)32)1-2-10(11)20(34)30(17)13-3-4-14(31)29-19(13)33/h1-2,5-7,13,15,17H,3-4H2,(H2,27,32)(H,29,31,33)/t13-,15-,17?/m0/s1. The molecule has 2 aliphatic heterocycles. The van der Waals surface area contributed by atoms with Gasteiger partial charge in [-0.2, -0.15) is 13.2 Å². The maximum absolute atomic E-state index is 14.6. The number of nitrogens with one attached hydrogen (secondary N) is 1. The third-order valence-electron chi connectivity index (χ3n) is 5.76. The van der Waals surface area contributed by atoms with E-state index in [9.17, 15) is 32.3 Å².